The van der Waals surface area contributed by atoms with Gasteiger partial charge in [-0.15, -0.1) is 0 Å². The molecule has 0 saturated carbocycles. The number of benzene rings is 2. The Kier molecular flexibility index (Phi) is 5.62. The fourth-order valence-electron chi connectivity index (χ4n) is 3.73. The lowest BCUT2D eigenvalue weighted by molar-refractivity contribution is -0.130. The van der Waals surface area contributed by atoms with Crippen molar-refractivity contribution in [2.45, 2.75) is 13.3 Å². The Balaban J connectivity index is 1.49. The van der Waals surface area contributed by atoms with Crippen molar-refractivity contribution in [3.05, 3.63) is 68.0 Å². The molecule has 1 N–H and O–H groups in total. The Morgan fingerprint density at radius 3 is 2.43 bits per heavy atom. The number of aromatic hydroxyl groups is 1. The molecule has 1 saturated heterocycles. The van der Waals surface area contributed by atoms with Crippen LogP contribution in [0.15, 0.2) is 45.6 Å². The number of fused-ring (bicyclic) bond motifs is 1. The summed E-state index contributed by atoms with van der Waals surface area (Å²) in [6.07, 6.45) is -0.0381. The predicted molar refractivity (Wildman–Crippen MR) is 118 cm³/mol. The largest absolute Gasteiger partial charge is 0.506 e. The minimum Gasteiger partial charge on any atom is -0.506 e. The second kappa shape index (κ2) is 8.20. The number of phenolic OH excluding ortho intramolecular Hbond substituents is 1. The molecule has 156 valence electrons. The standard InChI is InChI=1S/C22H20Cl2N2O4/c1-13-16-10-18(24)19(27)12-20(16)30-22(29)17(13)11-21(28)26-8-6-25(7-9-26)15-4-2-14(23)3-5-15/h2-5,10,12,27H,6-9,11H2,1H3. The van der Waals surface area contributed by atoms with Crippen LogP contribution < -0.4 is 10.5 Å². The molecule has 30 heavy (non-hydrogen) atoms. The van der Waals surface area contributed by atoms with Crippen molar-refractivity contribution >= 4 is 45.8 Å². The first-order valence-electron chi connectivity index (χ1n) is 9.56. The Morgan fingerprint density at radius 2 is 1.77 bits per heavy atom. The van der Waals surface area contributed by atoms with E-state index in [2.05, 4.69) is 4.90 Å². The van der Waals surface area contributed by atoms with E-state index >= 15 is 0 Å². The molecule has 0 atom stereocenters. The third-order valence-corrected chi connectivity index (χ3v) is 6.06. The molecule has 2 heterocycles. The van der Waals surface area contributed by atoms with Gasteiger partial charge in [0.05, 0.1) is 17.0 Å². The van der Waals surface area contributed by atoms with Crippen LogP contribution in [-0.4, -0.2) is 42.1 Å². The van der Waals surface area contributed by atoms with Crippen molar-refractivity contribution in [2.75, 3.05) is 31.1 Å². The van der Waals surface area contributed by atoms with Crippen molar-refractivity contribution in [1.82, 2.24) is 4.90 Å². The molecule has 1 aromatic heterocycles. The summed E-state index contributed by atoms with van der Waals surface area (Å²) in [5.74, 6) is -0.278. The molecule has 0 radical (unpaired) electrons. The summed E-state index contributed by atoms with van der Waals surface area (Å²) in [4.78, 5) is 29.3. The van der Waals surface area contributed by atoms with Crippen LogP contribution in [0.5, 0.6) is 5.75 Å². The van der Waals surface area contributed by atoms with Crippen LogP contribution in [0.3, 0.4) is 0 Å². The molecule has 1 amide bonds. The van der Waals surface area contributed by atoms with Crippen LogP contribution in [-0.2, 0) is 11.2 Å². The number of anilines is 1. The van der Waals surface area contributed by atoms with Gasteiger partial charge in [0.1, 0.15) is 11.3 Å². The van der Waals surface area contributed by atoms with Crippen molar-refractivity contribution < 1.29 is 14.3 Å². The average molecular weight is 447 g/mol. The van der Waals surface area contributed by atoms with Gasteiger partial charge >= 0.3 is 5.63 Å². The molecule has 3 aromatic rings. The van der Waals surface area contributed by atoms with Gasteiger partial charge in [-0.2, -0.15) is 0 Å². The predicted octanol–water partition coefficient (Wildman–Crippen LogP) is 4.01. The monoisotopic (exact) mass is 446 g/mol. The SMILES string of the molecule is Cc1c(CC(=O)N2CCN(c3ccc(Cl)cc3)CC2)c(=O)oc2cc(O)c(Cl)cc12. The van der Waals surface area contributed by atoms with Gasteiger partial charge in [0.2, 0.25) is 5.91 Å². The van der Waals surface area contributed by atoms with Gasteiger partial charge in [0.15, 0.2) is 0 Å². The number of aryl methyl sites for hydroxylation is 1. The van der Waals surface area contributed by atoms with E-state index in [1.807, 2.05) is 24.3 Å². The fourth-order valence-corrected chi connectivity index (χ4v) is 4.02. The molecular formula is C22H20Cl2N2O4. The van der Waals surface area contributed by atoms with Gasteiger partial charge in [-0.25, -0.2) is 4.79 Å². The maximum absolute atomic E-state index is 12.9. The summed E-state index contributed by atoms with van der Waals surface area (Å²) in [5, 5.41) is 11.2. The van der Waals surface area contributed by atoms with Gasteiger partial charge in [0, 0.05) is 48.3 Å². The van der Waals surface area contributed by atoms with Crippen LogP contribution in [0.1, 0.15) is 11.1 Å². The Bertz CT molecular complexity index is 1170. The van der Waals surface area contributed by atoms with Gasteiger partial charge in [0.25, 0.3) is 0 Å². The number of phenols is 1. The fraction of sp³-hybridized carbons (Fsp3) is 0.273. The summed E-state index contributed by atoms with van der Waals surface area (Å²) in [6, 6.07) is 10.5. The van der Waals surface area contributed by atoms with Gasteiger partial charge in [-0.1, -0.05) is 23.2 Å². The first-order chi connectivity index (χ1) is 14.3. The van der Waals surface area contributed by atoms with E-state index in [-0.39, 0.29) is 28.7 Å². The van der Waals surface area contributed by atoms with Crippen LogP contribution in [0.4, 0.5) is 5.69 Å². The number of carbonyl (C=O) groups excluding carboxylic acids is 1. The maximum atomic E-state index is 12.9. The van der Waals surface area contributed by atoms with Crippen LogP contribution >= 0.6 is 23.2 Å². The zero-order chi connectivity index (χ0) is 21.4. The Labute approximate surface area is 183 Å². The minimum absolute atomic E-state index is 0.0381. The van der Waals surface area contributed by atoms with Crippen LogP contribution in [0.2, 0.25) is 10.0 Å². The molecule has 1 fully saturated rings. The van der Waals surface area contributed by atoms with Crippen LogP contribution in [0, 0.1) is 6.92 Å². The normalized spacial score (nSPS) is 14.4. The molecule has 0 spiro atoms. The van der Waals surface area contributed by atoms with E-state index < -0.39 is 5.63 Å². The van der Waals surface area contributed by atoms with Crippen molar-refractivity contribution in [1.29, 1.82) is 0 Å². The number of hydrogen-bond donors (Lipinski definition) is 1. The number of nitrogens with zero attached hydrogens (tertiary/aromatic N) is 2. The van der Waals surface area contributed by atoms with Gasteiger partial charge in [-0.05, 0) is 42.8 Å². The van der Waals surface area contributed by atoms with E-state index in [0.717, 1.165) is 5.69 Å². The summed E-state index contributed by atoms with van der Waals surface area (Å²) in [5.41, 5.74) is 1.69. The quantitative estimate of drug-likeness (QED) is 0.615. The molecule has 1 aliphatic rings. The molecule has 8 heteroatoms. The lowest BCUT2D eigenvalue weighted by Crippen LogP contribution is -2.49. The van der Waals surface area contributed by atoms with Crippen molar-refractivity contribution in [2.24, 2.45) is 0 Å². The van der Waals surface area contributed by atoms with E-state index in [1.165, 1.54) is 6.07 Å². The molecule has 2 aromatic carbocycles. The molecular weight excluding hydrogens is 427 g/mol. The zero-order valence-electron chi connectivity index (χ0n) is 16.3. The van der Waals surface area contributed by atoms with Crippen molar-refractivity contribution in [3.63, 3.8) is 0 Å². The zero-order valence-corrected chi connectivity index (χ0v) is 17.8. The second-order valence-electron chi connectivity index (χ2n) is 7.31. The average Bonchev–Trinajstić information content (AvgIpc) is 2.73. The highest BCUT2D eigenvalue weighted by atomic mass is 35.5. The number of carbonyl (C=O) groups is 1. The Hall–Kier alpha value is -2.70. The summed E-state index contributed by atoms with van der Waals surface area (Å²) in [7, 11) is 0. The van der Waals surface area contributed by atoms with E-state index in [4.69, 9.17) is 27.6 Å². The first kappa shape index (κ1) is 20.6. The van der Waals surface area contributed by atoms with Gasteiger partial charge in [-0.3, -0.25) is 4.79 Å². The summed E-state index contributed by atoms with van der Waals surface area (Å²) < 4.78 is 5.32. The number of amides is 1. The number of rotatable bonds is 3. The lowest BCUT2D eigenvalue weighted by Gasteiger charge is -2.36. The third kappa shape index (κ3) is 3.98. The maximum Gasteiger partial charge on any atom is 0.340 e. The lowest BCUT2D eigenvalue weighted by atomic mass is 10.0. The highest BCUT2D eigenvalue weighted by molar-refractivity contribution is 6.32. The summed E-state index contributed by atoms with van der Waals surface area (Å²) >= 11 is 11.9. The van der Waals surface area contributed by atoms with Gasteiger partial charge < -0.3 is 19.3 Å². The topological polar surface area (TPSA) is 74.0 Å². The number of hydrogen-bond acceptors (Lipinski definition) is 5. The van der Waals surface area contributed by atoms with E-state index in [0.29, 0.717) is 47.7 Å². The first-order valence-corrected chi connectivity index (χ1v) is 10.3. The summed E-state index contributed by atoms with van der Waals surface area (Å²) in [6.45, 7) is 4.30. The smallest absolute Gasteiger partial charge is 0.340 e. The van der Waals surface area contributed by atoms with E-state index in [1.54, 1.807) is 17.9 Å². The number of halogens is 2. The molecule has 0 aliphatic carbocycles. The number of piperazine rings is 1. The highest BCUT2D eigenvalue weighted by Crippen LogP contribution is 2.31. The molecule has 0 unspecified atom stereocenters. The molecule has 1 aliphatic heterocycles. The minimum atomic E-state index is -0.574. The van der Waals surface area contributed by atoms with Crippen LogP contribution in [0.25, 0.3) is 11.0 Å². The highest BCUT2D eigenvalue weighted by Gasteiger charge is 2.24. The Morgan fingerprint density at radius 1 is 1.10 bits per heavy atom. The second-order valence-corrected chi connectivity index (χ2v) is 8.16. The molecule has 6 nitrogen and oxygen atoms in total. The molecule has 0 bridgehead atoms. The third-order valence-electron chi connectivity index (χ3n) is 5.51. The van der Waals surface area contributed by atoms with Crippen molar-refractivity contribution in [3.8, 4) is 5.75 Å². The molecule has 4 rings (SSSR count). The van der Waals surface area contributed by atoms with E-state index in [9.17, 15) is 14.7 Å².